The quantitative estimate of drug-likeness (QED) is 0.518. The number of anilines is 1. The SMILES string of the molecule is Cc1ccc(NC(=O)C(=O)N/N=C\[C@@H](C)c2ccccc2)cc1. The Bertz CT molecular complexity index is 694. The van der Waals surface area contributed by atoms with Crippen molar-refractivity contribution in [1.29, 1.82) is 0 Å². The Morgan fingerprint density at radius 3 is 2.30 bits per heavy atom. The monoisotopic (exact) mass is 309 g/mol. The first-order chi connectivity index (χ1) is 11.1. The lowest BCUT2D eigenvalue weighted by Gasteiger charge is -2.06. The summed E-state index contributed by atoms with van der Waals surface area (Å²) >= 11 is 0. The number of carbonyl (C=O) groups excluding carboxylic acids is 2. The number of nitrogens with one attached hydrogen (secondary N) is 2. The Kier molecular flexibility index (Phi) is 5.63. The van der Waals surface area contributed by atoms with Crippen LogP contribution < -0.4 is 10.7 Å². The zero-order valence-electron chi connectivity index (χ0n) is 13.1. The third-order valence-corrected chi connectivity index (χ3v) is 3.31. The van der Waals surface area contributed by atoms with Crippen molar-refractivity contribution >= 4 is 23.7 Å². The predicted molar refractivity (Wildman–Crippen MR) is 91.3 cm³/mol. The molecule has 0 bridgehead atoms. The number of rotatable bonds is 4. The smallest absolute Gasteiger partial charge is 0.318 e. The summed E-state index contributed by atoms with van der Waals surface area (Å²) in [5.74, 6) is -1.52. The molecule has 2 aromatic carbocycles. The van der Waals surface area contributed by atoms with Crippen LogP contribution in [0.15, 0.2) is 59.7 Å². The van der Waals surface area contributed by atoms with Gasteiger partial charge in [-0.1, -0.05) is 55.0 Å². The van der Waals surface area contributed by atoms with Gasteiger partial charge in [0.1, 0.15) is 0 Å². The van der Waals surface area contributed by atoms with E-state index in [0.717, 1.165) is 11.1 Å². The summed E-state index contributed by atoms with van der Waals surface area (Å²) in [7, 11) is 0. The molecule has 0 heterocycles. The van der Waals surface area contributed by atoms with Gasteiger partial charge in [-0.05, 0) is 24.6 Å². The molecule has 0 saturated heterocycles. The summed E-state index contributed by atoms with van der Waals surface area (Å²) in [6.07, 6.45) is 1.59. The molecular weight excluding hydrogens is 290 g/mol. The minimum Gasteiger partial charge on any atom is -0.318 e. The maximum atomic E-state index is 11.7. The van der Waals surface area contributed by atoms with Crippen molar-refractivity contribution in [2.45, 2.75) is 19.8 Å². The number of amides is 2. The maximum Gasteiger partial charge on any atom is 0.329 e. The molecule has 0 aliphatic carbocycles. The molecule has 0 aliphatic rings. The molecule has 2 rings (SSSR count). The Labute approximate surface area is 135 Å². The van der Waals surface area contributed by atoms with Gasteiger partial charge in [0.15, 0.2) is 0 Å². The van der Waals surface area contributed by atoms with Crippen LogP contribution in [0.3, 0.4) is 0 Å². The van der Waals surface area contributed by atoms with Gasteiger partial charge in [-0.15, -0.1) is 0 Å². The maximum absolute atomic E-state index is 11.7. The van der Waals surface area contributed by atoms with Gasteiger partial charge in [0, 0.05) is 17.8 Å². The molecular formula is C18H19N3O2. The minimum absolute atomic E-state index is 0.0386. The zero-order chi connectivity index (χ0) is 16.7. The molecule has 118 valence electrons. The lowest BCUT2D eigenvalue weighted by Crippen LogP contribution is -2.32. The van der Waals surface area contributed by atoms with Crippen molar-refractivity contribution in [2.24, 2.45) is 5.10 Å². The van der Waals surface area contributed by atoms with Crippen LogP contribution in [0.2, 0.25) is 0 Å². The fraction of sp³-hybridized carbons (Fsp3) is 0.167. The number of hydrogen-bond donors (Lipinski definition) is 2. The highest BCUT2D eigenvalue weighted by molar-refractivity contribution is 6.39. The van der Waals surface area contributed by atoms with E-state index in [1.54, 1.807) is 18.3 Å². The van der Waals surface area contributed by atoms with E-state index in [9.17, 15) is 9.59 Å². The molecule has 0 radical (unpaired) electrons. The van der Waals surface area contributed by atoms with E-state index in [1.807, 2.05) is 56.3 Å². The van der Waals surface area contributed by atoms with E-state index in [4.69, 9.17) is 0 Å². The largest absolute Gasteiger partial charge is 0.329 e. The Morgan fingerprint density at radius 1 is 1.00 bits per heavy atom. The molecule has 5 heteroatoms. The van der Waals surface area contributed by atoms with Crippen LogP contribution in [-0.2, 0) is 9.59 Å². The fourth-order valence-corrected chi connectivity index (χ4v) is 1.93. The second-order valence-corrected chi connectivity index (χ2v) is 5.24. The number of hydrazone groups is 1. The summed E-state index contributed by atoms with van der Waals surface area (Å²) in [4.78, 5) is 23.4. The lowest BCUT2D eigenvalue weighted by atomic mass is 10.0. The van der Waals surface area contributed by atoms with Crippen LogP contribution >= 0.6 is 0 Å². The highest BCUT2D eigenvalue weighted by Crippen LogP contribution is 2.11. The van der Waals surface area contributed by atoms with Gasteiger partial charge in [-0.25, -0.2) is 5.43 Å². The van der Waals surface area contributed by atoms with Gasteiger partial charge in [0.2, 0.25) is 0 Å². The van der Waals surface area contributed by atoms with Crippen molar-refractivity contribution in [3.05, 3.63) is 65.7 Å². The molecule has 0 saturated carbocycles. The van der Waals surface area contributed by atoms with Gasteiger partial charge in [0.05, 0.1) is 0 Å². The van der Waals surface area contributed by atoms with Gasteiger partial charge in [0.25, 0.3) is 0 Å². The summed E-state index contributed by atoms with van der Waals surface area (Å²) in [6, 6.07) is 16.9. The van der Waals surface area contributed by atoms with Crippen molar-refractivity contribution in [3.63, 3.8) is 0 Å². The molecule has 0 spiro atoms. The van der Waals surface area contributed by atoms with Crippen molar-refractivity contribution in [3.8, 4) is 0 Å². The molecule has 0 aromatic heterocycles. The number of hydrogen-bond acceptors (Lipinski definition) is 3. The third kappa shape index (κ3) is 5.07. The summed E-state index contributed by atoms with van der Waals surface area (Å²) in [5.41, 5.74) is 4.95. The highest BCUT2D eigenvalue weighted by atomic mass is 16.2. The van der Waals surface area contributed by atoms with Crippen LogP contribution in [-0.4, -0.2) is 18.0 Å². The van der Waals surface area contributed by atoms with E-state index >= 15 is 0 Å². The van der Waals surface area contributed by atoms with Crippen LogP contribution in [0.4, 0.5) is 5.69 Å². The second-order valence-electron chi connectivity index (χ2n) is 5.24. The molecule has 0 unspecified atom stereocenters. The standard InChI is InChI=1S/C18H19N3O2/c1-13-8-10-16(11-9-13)20-17(22)18(23)21-19-12-14(2)15-6-4-3-5-7-15/h3-12,14H,1-2H3,(H,20,22)(H,21,23)/b19-12-/t14-/m1/s1. The van der Waals surface area contributed by atoms with E-state index in [2.05, 4.69) is 15.8 Å². The van der Waals surface area contributed by atoms with Crippen LogP contribution in [0.25, 0.3) is 0 Å². The Morgan fingerprint density at radius 2 is 1.65 bits per heavy atom. The fourth-order valence-electron chi connectivity index (χ4n) is 1.93. The molecule has 23 heavy (non-hydrogen) atoms. The van der Waals surface area contributed by atoms with E-state index < -0.39 is 11.8 Å². The molecule has 0 aliphatic heterocycles. The number of aryl methyl sites for hydroxylation is 1. The first-order valence-corrected chi connectivity index (χ1v) is 7.32. The van der Waals surface area contributed by atoms with E-state index in [1.165, 1.54) is 0 Å². The normalized spacial score (nSPS) is 11.9. The summed E-state index contributed by atoms with van der Waals surface area (Å²) in [6.45, 7) is 3.90. The van der Waals surface area contributed by atoms with Crippen molar-refractivity contribution in [2.75, 3.05) is 5.32 Å². The predicted octanol–water partition coefficient (Wildman–Crippen LogP) is 2.84. The van der Waals surface area contributed by atoms with Gasteiger partial charge < -0.3 is 5.32 Å². The van der Waals surface area contributed by atoms with Crippen molar-refractivity contribution in [1.82, 2.24) is 5.43 Å². The molecule has 1 atom stereocenters. The van der Waals surface area contributed by atoms with Gasteiger partial charge in [-0.3, -0.25) is 9.59 Å². The minimum atomic E-state index is -0.804. The average molecular weight is 309 g/mol. The molecule has 2 N–H and O–H groups in total. The zero-order valence-corrected chi connectivity index (χ0v) is 13.1. The third-order valence-electron chi connectivity index (χ3n) is 3.31. The first-order valence-electron chi connectivity index (χ1n) is 7.32. The highest BCUT2D eigenvalue weighted by Gasteiger charge is 2.12. The van der Waals surface area contributed by atoms with Crippen LogP contribution in [0.1, 0.15) is 24.0 Å². The lowest BCUT2D eigenvalue weighted by molar-refractivity contribution is -0.136. The summed E-state index contributed by atoms with van der Waals surface area (Å²) < 4.78 is 0. The van der Waals surface area contributed by atoms with Crippen LogP contribution in [0.5, 0.6) is 0 Å². The van der Waals surface area contributed by atoms with E-state index in [0.29, 0.717) is 5.69 Å². The number of benzene rings is 2. The van der Waals surface area contributed by atoms with Crippen LogP contribution in [0, 0.1) is 6.92 Å². The topological polar surface area (TPSA) is 70.6 Å². The second kappa shape index (κ2) is 7.89. The average Bonchev–Trinajstić information content (AvgIpc) is 2.57. The van der Waals surface area contributed by atoms with E-state index in [-0.39, 0.29) is 5.92 Å². The number of nitrogens with zero attached hydrogens (tertiary/aromatic N) is 1. The number of carbonyl (C=O) groups is 2. The Balaban J connectivity index is 1.85. The Hall–Kier alpha value is -2.95. The molecule has 0 fully saturated rings. The molecule has 2 aromatic rings. The summed E-state index contributed by atoms with van der Waals surface area (Å²) in [5, 5.41) is 6.35. The first kappa shape index (κ1) is 16.4. The molecule has 2 amide bonds. The molecule has 5 nitrogen and oxygen atoms in total. The van der Waals surface area contributed by atoms with Crippen molar-refractivity contribution < 1.29 is 9.59 Å². The van der Waals surface area contributed by atoms with Gasteiger partial charge in [-0.2, -0.15) is 5.10 Å². The van der Waals surface area contributed by atoms with Gasteiger partial charge >= 0.3 is 11.8 Å².